The summed E-state index contributed by atoms with van der Waals surface area (Å²) in [6.45, 7) is 3.84. The van der Waals surface area contributed by atoms with Crippen molar-refractivity contribution in [3.63, 3.8) is 0 Å². The zero-order valence-electron chi connectivity index (χ0n) is 10.2. The highest BCUT2D eigenvalue weighted by atomic mass is 79.9. The van der Waals surface area contributed by atoms with Crippen molar-refractivity contribution >= 4 is 24.7 Å². The molecule has 0 aromatic rings. The topological polar surface area (TPSA) is 9.72 Å². The zero-order chi connectivity index (χ0) is 10.6. The van der Waals surface area contributed by atoms with E-state index in [2.05, 4.69) is 62.9 Å². The lowest BCUT2D eigenvalue weighted by Gasteiger charge is -2.39. The number of halogens is 1. The molecule has 0 N–H and O–H groups in total. The van der Waals surface area contributed by atoms with Crippen molar-refractivity contribution < 1.29 is 0 Å². The minimum absolute atomic E-state index is 0. The van der Waals surface area contributed by atoms with Crippen molar-refractivity contribution in [1.29, 1.82) is 0 Å². The molecular formula is C9H24BrN3P+. The number of hydrogen-bond donors (Lipinski definition) is 0. The highest BCUT2D eigenvalue weighted by Crippen LogP contribution is 2.63. The Morgan fingerprint density at radius 3 is 1.29 bits per heavy atom. The molecule has 0 aliphatic heterocycles. The number of nitrogens with zero attached hydrogens (tertiary/aromatic N) is 3. The SMILES string of the molecule is Br.C=CC[P+](N(C)C)(N(C)C)N(C)C. The van der Waals surface area contributed by atoms with E-state index in [-0.39, 0.29) is 17.0 Å². The van der Waals surface area contributed by atoms with Crippen LogP contribution in [0.4, 0.5) is 0 Å². The molecule has 0 unspecified atom stereocenters. The Hall–Kier alpha value is 0.530. The summed E-state index contributed by atoms with van der Waals surface area (Å²) in [7, 11) is 11.5. The van der Waals surface area contributed by atoms with E-state index in [0.29, 0.717) is 0 Å². The average Bonchev–Trinajstić information content (AvgIpc) is 1.97. The maximum absolute atomic E-state index is 3.84. The maximum atomic E-state index is 3.84. The summed E-state index contributed by atoms with van der Waals surface area (Å²) in [5.74, 6) is 0. The third-order valence-corrected chi connectivity index (χ3v) is 6.89. The molecule has 0 rings (SSSR count). The molecule has 0 bridgehead atoms. The van der Waals surface area contributed by atoms with E-state index in [1.807, 2.05) is 6.08 Å². The Labute approximate surface area is 100 Å². The second-order valence-corrected chi connectivity index (χ2v) is 7.86. The Morgan fingerprint density at radius 2 is 1.21 bits per heavy atom. The molecule has 0 amide bonds. The molecule has 0 atom stereocenters. The Kier molecular flexibility index (Phi) is 8.37. The van der Waals surface area contributed by atoms with Gasteiger partial charge in [-0.1, -0.05) is 6.58 Å². The fraction of sp³-hybridized carbons (Fsp3) is 0.778. The van der Waals surface area contributed by atoms with Crippen LogP contribution in [0, 0.1) is 0 Å². The van der Waals surface area contributed by atoms with E-state index < -0.39 is 7.71 Å². The molecule has 0 heterocycles. The van der Waals surface area contributed by atoms with E-state index in [0.717, 1.165) is 6.16 Å². The lowest BCUT2D eigenvalue weighted by atomic mass is 10.8. The van der Waals surface area contributed by atoms with Gasteiger partial charge < -0.3 is 0 Å². The van der Waals surface area contributed by atoms with Gasteiger partial charge in [-0.25, -0.2) is 0 Å². The first-order valence-corrected chi connectivity index (χ1v) is 6.25. The fourth-order valence-corrected chi connectivity index (χ4v) is 5.21. The van der Waals surface area contributed by atoms with Crippen molar-refractivity contribution in [2.45, 2.75) is 0 Å². The summed E-state index contributed by atoms with van der Waals surface area (Å²) in [4.78, 5) is 0. The Bertz CT molecular complexity index is 150. The van der Waals surface area contributed by atoms with Crippen LogP contribution >= 0.6 is 24.7 Å². The van der Waals surface area contributed by atoms with Gasteiger partial charge in [0.05, 0.1) is 0 Å². The van der Waals surface area contributed by atoms with Gasteiger partial charge in [0.2, 0.25) is 7.71 Å². The molecule has 5 heteroatoms. The molecule has 0 fully saturated rings. The first-order chi connectivity index (χ1) is 5.89. The van der Waals surface area contributed by atoms with Gasteiger partial charge in [-0.15, -0.1) is 17.0 Å². The smallest absolute Gasteiger partial charge is 0.154 e. The summed E-state index contributed by atoms with van der Waals surface area (Å²) >= 11 is 0. The minimum Gasteiger partial charge on any atom is -0.154 e. The van der Waals surface area contributed by atoms with Crippen molar-refractivity contribution in [1.82, 2.24) is 14.0 Å². The standard InChI is InChI=1S/C9H23N3P.BrH/c1-8-9-13(10(2)3,11(4)5)12(6)7;/h8H,1,9H2,2-7H3;1H/q+1;. The third-order valence-electron chi connectivity index (χ3n) is 2.30. The van der Waals surface area contributed by atoms with Gasteiger partial charge >= 0.3 is 0 Å². The first kappa shape index (κ1) is 16.9. The van der Waals surface area contributed by atoms with Crippen molar-refractivity contribution in [2.24, 2.45) is 0 Å². The predicted octanol–water partition coefficient (Wildman–Crippen LogP) is 2.20. The molecule has 14 heavy (non-hydrogen) atoms. The van der Waals surface area contributed by atoms with Crippen molar-refractivity contribution in [3.05, 3.63) is 12.7 Å². The highest BCUT2D eigenvalue weighted by Gasteiger charge is 2.45. The summed E-state index contributed by atoms with van der Waals surface area (Å²) in [5.41, 5.74) is 0. The van der Waals surface area contributed by atoms with Crippen LogP contribution in [0.15, 0.2) is 12.7 Å². The van der Waals surface area contributed by atoms with E-state index in [1.165, 1.54) is 0 Å². The summed E-state index contributed by atoms with van der Waals surface area (Å²) in [6.07, 6.45) is 3.04. The lowest BCUT2D eigenvalue weighted by molar-refractivity contribution is 0.462. The van der Waals surface area contributed by atoms with Crippen LogP contribution in [0.1, 0.15) is 0 Å². The van der Waals surface area contributed by atoms with Gasteiger partial charge in [0, 0.05) is 42.3 Å². The average molecular weight is 285 g/mol. The van der Waals surface area contributed by atoms with Gasteiger partial charge in [-0.05, 0) is 6.08 Å². The maximum Gasteiger partial charge on any atom is 0.229 e. The second-order valence-electron chi connectivity index (χ2n) is 3.71. The lowest BCUT2D eigenvalue weighted by Crippen LogP contribution is -2.37. The summed E-state index contributed by atoms with van der Waals surface area (Å²) in [6, 6.07) is 0. The Morgan fingerprint density at radius 1 is 0.929 bits per heavy atom. The largest absolute Gasteiger partial charge is 0.229 e. The molecular weight excluding hydrogens is 261 g/mol. The fourth-order valence-electron chi connectivity index (χ4n) is 1.74. The van der Waals surface area contributed by atoms with E-state index in [9.17, 15) is 0 Å². The predicted molar refractivity (Wildman–Crippen MR) is 73.4 cm³/mol. The molecule has 86 valence electrons. The van der Waals surface area contributed by atoms with Gasteiger partial charge in [0.15, 0.2) is 0 Å². The van der Waals surface area contributed by atoms with E-state index in [4.69, 9.17) is 0 Å². The van der Waals surface area contributed by atoms with E-state index >= 15 is 0 Å². The minimum atomic E-state index is -1.33. The number of allylic oxidation sites excluding steroid dienone is 1. The monoisotopic (exact) mass is 284 g/mol. The van der Waals surface area contributed by atoms with Crippen LogP contribution < -0.4 is 0 Å². The normalized spacial score (nSPS) is 12.1. The van der Waals surface area contributed by atoms with Crippen LogP contribution in [0.5, 0.6) is 0 Å². The van der Waals surface area contributed by atoms with E-state index in [1.54, 1.807) is 0 Å². The zero-order valence-corrected chi connectivity index (χ0v) is 12.8. The molecule has 0 aliphatic rings. The van der Waals surface area contributed by atoms with Crippen molar-refractivity contribution in [3.8, 4) is 0 Å². The molecule has 0 radical (unpaired) electrons. The van der Waals surface area contributed by atoms with Gasteiger partial charge in [-0.3, -0.25) is 0 Å². The van der Waals surface area contributed by atoms with Crippen molar-refractivity contribution in [2.75, 3.05) is 48.4 Å². The molecule has 3 nitrogen and oxygen atoms in total. The van der Waals surface area contributed by atoms with Gasteiger partial charge in [0.25, 0.3) is 0 Å². The molecule has 0 saturated carbocycles. The van der Waals surface area contributed by atoms with Gasteiger partial charge in [-0.2, -0.15) is 14.0 Å². The molecule has 0 aromatic heterocycles. The first-order valence-electron chi connectivity index (χ1n) is 4.42. The number of rotatable bonds is 5. The quantitative estimate of drug-likeness (QED) is 0.566. The summed E-state index contributed by atoms with van der Waals surface area (Å²) < 4.78 is 6.94. The summed E-state index contributed by atoms with van der Waals surface area (Å²) in [5, 5.41) is 0. The molecule has 0 spiro atoms. The van der Waals surface area contributed by atoms with Gasteiger partial charge in [0.1, 0.15) is 6.16 Å². The van der Waals surface area contributed by atoms with Crippen LogP contribution in [-0.2, 0) is 0 Å². The third kappa shape index (κ3) is 3.28. The van der Waals surface area contributed by atoms with Crippen LogP contribution in [0.25, 0.3) is 0 Å². The Balaban J connectivity index is 0. The molecule has 0 aliphatic carbocycles. The number of hydrogen-bond acceptors (Lipinski definition) is 3. The molecule has 0 aromatic carbocycles. The second kappa shape index (κ2) is 6.91. The van der Waals surface area contributed by atoms with Crippen LogP contribution in [0.2, 0.25) is 0 Å². The highest BCUT2D eigenvalue weighted by molar-refractivity contribution is 8.93. The molecule has 0 saturated heterocycles. The van der Waals surface area contributed by atoms with Crippen LogP contribution in [-0.4, -0.2) is 62.5 Å². The van der Waals surface area contributed by atoms with Crippen LogP contribution in [0.3, 0.4) is 0 Å².